The lowest BCUT2D eigenvalue weighted by Gasteiger charge is -2.26. The number of phenolic OH excluding ortho intramolecular Hbond substituents is 1. The van der Waals surface area contributed by atoms with Crippen LogP contribution in [0, 0.1) is 12.1 Å². The third-order valence-corrected chi connectivity index (χ3v) is 6.76. The van der Waals surface area contributed by atoms with Gasteiger partial charge < -0.3 is 20.3 Å². The molecule has 1 aromatic carbocycles. The molecular weight excluding hydrogens is 541 g/mol. The highest BCUT2D eigenvalue weighted by Gasteiger charge is 2.23. The maximum Gasteiger partial charge on any atom is 0.245 e. The van der Waals surface area contributed by atoms with Crippen LogP contribution in [0.3, 0.4) is 0 Å². The van der Waals surface area contributed by atoms with Gasteiger partial charge in [-0.2, -0.15) is 4.39 Å². The van der Waals surface area contributed by atoms with Gasteiger partial charge in [-0.25, -0.2) is 9.97 Å². The first kappa shape index (κ1) is 29.8. The Balaban J connectivity index is 0.00000205. The molecule has 2 amide bonds. The Morgan fingerprint density at radius 1 is 1.18 bits per heavy atom. The lowest BCUT2D eigenvalue weighted by molar-refractivity contribution is -0.135. The van der Waals surface area contributed by atoms with Crippen molar-refractivity contribution in [2.24, 2.45) is 0 Å². The fourth-order valence-corrected chi connectivity index (χ4v) is 4.53. The molecule has 0 fully saturated rings. The first-order valence-corrected chi connectivity index (χ1v) is 13.7. The summed E-state index contributed by atoms with van der Waals surface area (Å²) >= 11 is 6.84. The molecule has 0 aliphatic carbocycles. The number of halogens is 2. The number of hydrogen-bond acceptors (Lipinski definition) is 6. The van der Waals surface area contributed by atoms with Crippen molar-refractivity contribution < 1.29 is 19.1 Å². The number of aromatic amines is 1. The molecule has 0 saturated heterocycles. The molecule has 0 radical (unpaired) electrons. The third-order valence-electron chi connectivity index (χ3n) is 5.66. The Morgan fingerprint density at radius 3 is 2.51 bits per heavy atom. The van der Waals surface area contributed by atoms with E-state index in [-0.39, 0.29) is 41.6 Å². The number of carbonyl (C=O) groups is 2. The number of rotatable bonds is 8. The molecule has 206 valence electrons. The highest BCUT2D eigenvalue weighted by Crippen LogP contribution is 2.32. The summed E-state index contributed by atoms with van der Waals surface area (Å²) in [5.41, 5.74) is 2.51. The van der Waals surface area contributed by atoms with Crippen LogP contribution in [-0.2, 0) is 16.0 Å². The smallest absolute Gasteiger partial charge is 0.245 e. The summed E-state index contributed by atoms with van der Waals surface area (Å²) in [6.45, 7) is 9.22. The van der Waals surface area contributed by atoms with Gasteiger partial charge in [0.15, 0.2) is 16.8 Å². The standard InChI is InChI=1S/C26H25ClFN5O3S.C2H6/c1-14(2)33(23(36)11-16-4-6-18(34)15(3)10-16)13-22(35)30-26-24(17-5-8-20(27)29-12-17)31-25(32-26)19-7-9-21(28)37-19;1-2/h4-10,12,14,34H,11,13H2,1-3H3,(H,30,35)(H,31,32);1-2H3. The molecule has 3 N–H and O–H groups in total. The van der Waals surface area contributed by atoms with Crippen molar-refractivity contribution in [3.05, 3.63) is 70.1 Å². The van der Waals surface area contributed by atoms with E-state index in [9.17, 15) is 19.1 Å². The second-order valence-electron chi connectivity index (χ2n) is 8.74. The highest BCUT2D eigenvalue weighted by molar-refractivity contribution is 7.13. The molecule has 39 heavy (non-hydrogen) atoms. The lowest BCUT2D eigenvalue weighted by Crippen LogP contribution is -2.43. The molecule has 8 nitrogen and oxygen atoms in total. The molecule has 4 aromatic rings. The molecular formula is C28H31ClFN5O3S. The number of imidazole rings is 1. The average Bonchev–Trinajstić information content (AvgIpc) is 3.52. The number of amides is 2. The average molecular weight is 572 g/mol. The van der Waals surface area contributed by atoms with Gasteiger partial charge in [0.25, 0.3) is 0 Å². The molecule has 0 aliphatic rings. The van der Waals surface area contributed by atoms with Crippen LogP contribution in [0.15, 0.2) is 48.7 Å². The molecule has 0 saturated carbocycles. The Morgan fingerprint density at radius 2 is 1.92 bits per heavy atom. The summed E-state index contributed by atoms with van der Waals surface area (Å²) in [5, 5.41) is 12.5. The van der Waals surface area contributed by atoms with Gasteiger partial charge in [0, 0.05) is 17.8 Å². The second-order valence-corrected chi connectivity index (χ2v) is 10.2. The molecule has 0 aliphatic heterocycles. The maximum absolute atomic E-state index is 13.6. The van der Waals surface area contributed by atoms with Crippen molar-refractivity contribution in [2.45, 2.75) is 47.1 Å². The summed E-state index contributed by atoms with van der Waals surface area (Å²) in [4.78, 5) is 39.9. The number of aromatic hydroxyl groups is 1. The van der Waals surface area contributed by atoms with Crippen LogP contribution < -0.4 is 5.32 Å². The summed E-state index contributed by atoms with van der Waals surface area (Å²) in [6.07, 6.45) is 1.62. The first-order valence-electron chi connectivity index (χ1n) is 12.5. The number of benzene rings is 1. The molecule has 0 unspecified atom stereocenters. The molecule has 4 rings (SSSR count). The SMILES string of the molecule is CC.Cc1cc(CC(=O)N(CC(=O)Nc2nc(-c3ccc(F)s3)[nH]c2-c2ccc(Cl)nc2)C(C)C)ccc1O. The monoisotopic (exact) mass is 571 g/mol. The Bertz CT molecular complexity index is 1440. The number of H-pyrrole nitrogens is 1. The van der Waals surface area contributed by atoms with Crippen LogP contribution >= 0.6 is 22.9 Å². The van der Waals surface area contributed by atoms with Crippen molar-refractivity contribution in [1.82, 2.24) is 19.9 Å². The predicted molar refractivity (Wildman–Crippen MR) is 153 cm³/mol. The normalized spacial score (nSPS) is 10.7. The number of anilines is 1. The van der Waals surface area contributed by atoms with Crippen molar-refractivity contribution >= 4 is 40.6 Å². The minimum atomic E-state index is -0.442. The van der Waals surface area contributed by atoms with Crippen molar-refractivity contribution in [3.8, 4) is 27.7 Å². The molecule has 11 heteroatoms. The van der Waals surface area contributed by atoms with Gasteiger partial charge >= 0.3 is 0 Å². The maximum atomic E-state index is 13.6. The zero-order valence-corrected chi connectivity index (χ0v) is 24.0. The van der Waals surface area contributed by atoms with Crippen molar-refractivity contribution in [2.75, 3.05) is 11.9 Å². The van der Waals surface area contributed by atoms with Crippen molar-refractivity contribution in [1.29, 1.82) is 0 Å². The number of nitrogens with zero attached hydrogens (tertiary/aromatic N) is 3. The van der Waals surface area contributed by atoms with Gasteiger partial charge in [-0.15, -0.1) is 11.3 Å². The largest absolute Gasteiger partial charge is 0.508 e. The zero-order chi connectivity index (χ0) is 28.7. The van der Waals surface area contributed by atoms with Gasteiger partial charge in [-0.1, -0.05) is 37.6 Å². The topological polar surface area (TPSA) is 111 Å². The van der Waals surface area contributed by atoms with E-state index in [1.54, 1.807) is 43.3 Å². The van der Waals surface area contributed by atoms with Gasteiger partial charge in [0.05, 0.1) is 17.0 Å². The highest BCUT2D eigenvalue weighted by atomic mass is 35.5. The van der Waals surface area contributed by atoms with E-state index in [2.05, 4.69) is 20.3 Å². The molecule has 0 atom stereocenters. The van der Waals surface area contributed by atoms with E-state index in [1.165, 1.54) is 17.2 Å². The van der Waals surface area contributed by atoms with E-state index in [0.717, 1.165) is 16.9 Å². The number of thiophene rings is 1. The molecule has 0 bridgehead atoms. The Kier molecular flexibility index (Phi) is 10.2. The van der Waals surface area contributed by atoms with Gasteiger partial charge in [-0.05, 0) is 62.2 Å². The van der Waals surface area contributed by atoms with Crippen molar-refractivity contribution in [3.63, 3.8) is 0 Å². The minimum absolute atomic E-state index is 0.0881. The predicted octanol–water partition coefficient (Wildman–Crippen LogP) is 6.45. The second kappa shape index (κ2) is 13.3. The fraction of sp³-hybridized carbons (Fsp3) is 0.286. The summed E-state index contributed by atoms with van der Waals surface area (Å²) in [6, 6.07) is 11.0. The van der Waals surface area contributed by atoms with Crippen LogP contribution in [0.4, 0.5) is 10.2 Å². The zero-order valence-electron chi connectivity index (χ0n) is 22.4. The van der Waals surface area contributed by atoms with Crippen LogP contribution in [-0.4, -0.2) is 49.4 Å². The Hall–Kier alpha value is -3.76. The minimum Gasteiger partial charge on any atom is -0.508 e. The van der Waals surface area contributed by atoms with Gasteiger partial charge in [0.2, 0.25) is 11.8 Å². The third kappa shape index (κ3) is 7.64. The summed E-state index contributed by atoms with van der Waals surface area (Å²) < 4.78 is 13.6. The lowest BCUT2D eigenvalue weighted by atomic mass is 10.1. The van der Waals surface area contributed by atoms with Crippen LogP contribution in [0.2, 0.25) is 5.15 Å². The fourth-order valence-electron chi connectivity index (χ4n) is 3.74. The number of phenols is 1. The van der Waals surface area contributed by atoms with Crippen LogP contribution in [0.25, 0.3) is 22.0 Å². The Labute approximate surface area is 235 Å². The quantitative estimate of drug-likeness (QED) is 0.210. The van der Waals surface area contributed by atoms with Gasteiger partial charge in [0.1, 0.15) is 17.4 Å². The van der Waals surface area contributed by atoms with E-state index >= 15 is 0 Å². The first-order chi connectivity index (χ1) is 18.6. The van der Waals surface area contributed by atoms with Gasteiger partial charge in [-0.3, -0.25) is 9.59 Å². The van der Waals surface area contributed by atoms with E-state index in [4.69, 9.17) is 11.6 Å². The molecule has 3 heterocycles. The number of nitrogens with one attached hydrogen (secondary N) is 2. The van der Waals surface area contributed by atoms with E-state index in [1.807, 2.05) is 27.7 Å². The number of carbonyl (C=O) groups excluding carboxylic acids is 2. The molecule has 3 aromatic heterocycles. The van der Waals surface area contributed by atoms with Crippen LogP contribution in [0.5, 0.6) is 5.75 Å². The van der Waals surface area contributed by atoms with E-state index in [0.29, 0.717) is 32.7 Å². The van der Waals surface area contributed by atoms with E-state index < -0.39 is 5.91 Å². The summed E-state index contributed by atoms with van der Waals surface area (Å²) in [7, 11) is 0. The van der Waals surface area contributed by atoms with Crippen LogP contribution in [0.1, 0.15) is 38.8 Å². The number of hydrogen-bond donors (Lipinski definition) is 3. The molecule has 0 spiro atoms. The number of aromatic nitrogens is 3. The number of aryl methyl sites for hydroxylation is 1. The summed E-state index contributed by atoms with van der Waals surface area (Å²) in [5.74, 6) is 0.0974. The number of pyridine rings is 1.